The highest BCUT2D eigenvalue weighted by Gasteiger charge is 2.42. The molecule has 2 aliphatic heterocycles. The predicted octanol–water partition coefficient (Wildman–Crippen LogP) is 2.72. The van der Waals surface area contributed by atoms with Gasteiger partial charge in [-0.25, -0.2) is 4.39 Å². The first-order chi connectivity index (χ1) is 13.4. The molecule has 1 saturated heterocycles. The number of nitrogens with zero attached hydrogens (tertiary/aromatic N) is 2. The minimum Gasteiger partial charge on any atom is -0.327 e. The Morgan fingerprint density at radius 1 is 1.21 bits per heavy atom. The SMILES string of the molecule is Cc1cccc(NC(=O)CN2C(=O)C3CCCN3C(=O)c3ccc(F)cc32)c1. The van der Waals surface area contributed by atoms with Crippen molar-refractivity contribution in [1.29, 1.82) is 0 Å². The van der Waals surface area contributed by atoms with E-state index in [0.29, 0.717) is 18.7 Å². The summed E-state index contributed by atoms with van der Waals surface area (Å²) in [7, 11) is 0. The van der Waals surface area contributed by atoms with Crippen LogP contribution in [-0.2, 0) is 9.59 Å². The van der Waals surface area contributed by atoms with Gasteiger partial charge in [0.15, 0.2) is 0 Å². The van der Waals surface area contributed by atoms with Crippen LogP contribution in [0.25, 0.3) is 0 Å². The van der Waals surface area contributed by atoms with Crippen molar-refractivity contribution < 1.29 is 18.8 Å². The summed E-state index contributed by atoms with van der Waals surface area (Å²) in [5.74, 6) is -1.62. The summed E-state index contributed by atoms with van der Waals surface area (Å²) in [6, 6.07) is 10.4. The second-order valence-electron chi connectivity index (χ2n) is 7.16. The van der Waals surface area contributed by atoms with Gasteiger partial charge in [0.1, 0.15) is 18.4 Å². The molecule has 0 aliphatic carbocycles. The van der Waals surface area contributed by atoms with Gasteiger partial charge in [-0.2, -0.15) is 0 Å². The molecule has 0 aromatic heterocycles. The second kappa shape index (κ2) is 7.07. The van der Waals surface area contributed by atoms with E-state index < -0.39 is 17.8 Å². The van der Waals surface area contributed by atoms with Crippen LogP contribution in [0.1, 0.15) is 28.8 Å². The van der Waals surface area contributed by atoms with Crippen LogP contribution in [0.3, 0.4) is 0 Å². The third-order valence-electron chi connectivity index (χ3n) is 5.15. The van der Waals surface area contributed by atoms with Crippen LogP contribution in [0.2, 0.25) is 0 Å². The molecule has 2 aliphatic rings. The summed E-state index contributed by atoms with van der Waals surface area (Å²) in [5.41, 5.74) is 1.99. The average Bonchev–Trinajstić information content (AvgIpc) is 3.12. The van der Waals surface area contributed by atoms with Crippen LogP contribution >= 0.6 is 0 Å². The molecule has 2 aromatic rings. The van der Waals surface area contributed by atoms with Gasteiger partial charge in [0.25, 0.3) is 5.91 Å². The summed E-state index contributed by atoms with van der Waals surface area (Å²) in [6.07, 6.45) is 1.26. The predicted molar refractivity (Wildman–Crippen MR) is 103 cm³/mol. The molecule has 6 nitrogen and oxygen atoms in total. The lowest BCUT2D eigenvalue weighted by Gasteiger charge is -2.25. The van der Waals surface area contributed by atoms with Gasteiger partial charge < -0.3 is 15.1 Å². The zero-order valence-corrected chi connectivity index (χ0v) is 15.4. The number of benzene rings is 2. The first-order valence-electron chi connectivity index (χ1n) is 9.22. The molecule has 144 valence electrons. The molecule has 2 aromatic carbocycles. The molecule has 0 spiro atoms. The minimum absolute atomic E-state index is 0.142. The number of rotatable bonds is 3. The van der Waals surface area contributed by atoms with Crippen LogP contribution in [0.5, 0.6) is 0 Å². The molecule has 1 N–H and O–H groups in total. The van der Waals surface area contributed by atoms with E-state index in [1.807, 2.05) is 25.1 Å². The van der Waals surface area contributed by atoms with Crippen molar-refractivity contribution in [3.63, 3.8) is 0 Å². The van der Waals surface area contributed by atoms with Gasteiger partial charge in [-0.05, 0) is 55.7 Å². The van der Waals surface area contributed by atoms with E-state index >= 15 is 0 Å². The zero-order valence-electron chi connectivity index (χ0n) is 15.4. The molecule has 1 atom stereocenters. The van der Waals surface area contributed by atoms with Crippen LogP contribution in [0, 0.1) is 12.7 Å². The maximum atomic E-state index is 13.9. The Morgan fingerprint density at radius 3 is 2.82 bits per heavy atom. The Labute approximate surface area is 161 Å². The van der Waals surface area contributed by atoms with Gasteiger partial charge in [0, 0.05) is 12.2 Å². The number of hydrogen-bond donors (Lipinski definition) is 1. The third kappa shape index (κ3) is 3.24. The number of halogens is 1. The number of nitrogens with one attached hydrogen (secondary N) is 1. The molecule has 0 bridgehead atoms. The van der Waals surface area contributed by atoms with Crippen LogP contribution < -0.4 is 10.2 Å². The van der Waals surface area contributed by atoms with Gasteiger partial charge in [0.05, 0.1) is 11.3 Å². The van der Waals surface area contributed by atoms with E-state index in [-0.39, 0.29) is 29.6 Å². The van der Waals surface area contributed by atoms with E-state index in [0.717, 1.165) is 18.1 Å². The highest BCUT2D eigenvalue weighted by molar-refractivity contribution is 6.13. The van der Waals surface area contributed by atoms with E-state index in [2.05, 4.69) is 5.32 Å². The second-order valence-corrected chi connectivity index (χ2v) is 7.16. The zero-order chi connectivity index (χ0) is 19.8. The number of carbonyl (C=O) groups excluding carboxylic acids is 3. The van der Waals surface area contributed by atoms with Crippen molar-refractivity contribution in [3.8, 4) is 0 Å². The summed E-state index contributed by atoms with van der Waals surface area (Å²) in [4.78, 5) is 41.4. The van der Waals surface area contributed by atoms with Crippen molar-refractivity contribution in [2.75, 3.05) is 23.3 Å². The Hall–Kier alpha value is -3.22. The highest BCUT2D eigenvalue weighted by atomic mass is 19.1. The van der Waals surface area contributed by atoms with Crippen LogP contribution in [-0.4, -0.2) is 41.8 Å². The van der Waals surface area contributed by atoms with Crippen LogP contribution in [0.4, 0.5) is 15.8 Å². The van der Waals surface area contributed by atoms with Crippen molar-refractivity contribution >= 4 is 29.1 Å². The number of amides is 3. The number of aryl methyl sites for hydroxylation is 1. The number of carbonyl (C=O) groups is 3. The number of anilines is 2. The van der Waals surface area contributed by atoms with Crippen molar-refractivity contribution in [3.05, 3.63) is 59.4 Å². The van der Waals surface area contributed by atoms with Gasteiger partial charge in [-0.3, -0.25) is 14.4 Å². The molecule has 1 unspecified atom stereocenters. The molecule has 0 saturated carbocycles. The fraction of sp³-hybridized carbons (Fsp3) is 0.286. The monoisotopic (exact) mass is 381 g/mol. The smallest absolute Gasteiger partial charge is 0.256 e. The van der Waals surface area contributed by atoms with Crippen molar-refractivity contribution in [2.24, 2.45) is 0 Å². The summed E-state index contributed by atoms with van der Waals surface area (Å²) in [6.45, 7) is 2.10. The topological polar surface area (TPSA) is 69.7 Å². The molecular formula is C21H20FN3O3. The largest absolute Gasteiger partial charge is 0.327 e. The minimum atomic E-state index is -0.616. The van der Waals surface area contributed by atoms with Crippen molar-refractivity contribution in [2.45, 2.75) is 25.8 Å². The Bertz CT molecular complexity index is 975. The van der Waals surface area contributed by atoms with Gasteiger partial charge in [-0.15, -0.1) is 0 Å². The lowest BCUT2D eigenvalue weighted by atomic mass is 10.1. The Morgan fingerprint density at radius 2 is 2.04 bits per heavy atom. The average molecular weight is 381 g/mol. The molecule has 7 heteroatoms. The van der Waals surface area contributed by atoms with Crippen molar-refractivity contribution in [1.82, 2.24) is 4.90 Å². The maximum absolute atomic E-state index is 13.9. The molecule has 1 fully saturated rings. The lowest BCUT2D eigenvalue weighted by Crippen LogP contribution is -2.47. The Balaban J connectivity index is 1.67. The third-order valence-corrected chi connectivity index (χ3v) is 5.15. The summed E-state index contributed by atoms with van der Waals surface area (Å²) < 4.78 is 13.9. The maximum Gasteiger partial charge on any atom is 0.256 e. The molecule has 0 radical (unpaired) electrons. The van der Waals surface area contributed by atoms with E-state index in [1.165, 1.54) is 21.9 Å². The standard InChI is InChI=1S/C21H20FN3O3/c1-13-4-2-5-15(10-13)23-19(26)12-25-18-11-14(22)7-8-16(18)20(27)24-9-3-6-17(24)21(25)28/h2,4-5,7-8,10-11,17H,3,6,9,12H2,1H3,(H,23,26). The first kappa shape index (κ1) is 18.2. The molecule has 2 heterocycles. The molecule has 3 amide bonds. The number of hydrogen-bond acceptors (Lipinski definition) is 3. The van der Waals surface area contributed by atoms with E-state index in [4.69, 9.17) is 0 Å². The first-order valence-corrected chi connectivity index (χ1v) is 9.22. The highest BCUT2D eigenvalue weighted by Crippen LogP contribution is 2.32. The van der Waals surface area contributed by atoms with Gasteiger partial charge in [-0.1, -0.05) is 12.1 Å². The number of fused-ring (bicyclic) bond motifs is 2. The fourth-order valence-corrected chi connectivity index (χ4v) is 3.86. The van der Waals surface area contributed by atoms with Gasteiger partial charge in [0.2, 0.25) is 11.8 Å². The van der Waals surface area contributed by atoms with Crippen LogP contribution in [0.15, 0.2) is 42.5 Å². The molecular weight excluding hydrogens is 361 g/mol. The Kier molecular flexibility index (Phi) is 4.58. The quantitative estimate of drug-likeness (QED) is 0.889. The molecule has 28 heavy (non-hydrogen) atoms. The summed E-state index contributed by atoms with van der Waals surface area (Å²) >= 11 is 0. The van der Waals surface area contributed by atoms with E-state index in [9.17, 15) is 18.8 Å². The lowest BCUT2D eigenvalue weighted by molar-refractivity contribution is -0.124. The normalized spacial score (nSPS) is 18.6. The van der Waals surface area contributed by atoms with Gasteiger partial charge >= 0.3 is 0 Å². The summed E-state index contributed by atoms with van der Waals surface area (Å²) in [5, 5.41) is 2.76. The fourth-order valence-electron chi connectivity index (χ4n) is 3.86. The molecule has 4 rings (SSSR count). The van der Waals surface area contributed by atoms with E-state index in [1.54, 1.807) is 6.07 Å².